The molecular weight excluding hydrogens is 280 g/mol. The molecule has 0 amide bonds. The maximum atomic E-state index is 12.0. The number of nitrogens with zero attached hydrogens (tertiary/aromatic N) is 2. The van der Waals surface area contributed by atoms with E-state index in [2.05, 4.69) is 4.98 Å². The minimum absolute atomic E-state index is 0.0768. The lowest BCUT2D eigenvalue weighted by Gasteiger charge is -2.22. The zero-order chi connectivity index (χ0) is 14.8. The molecule has 0 radical (unpaired) electrons. The first-order chi connectivity index (χ1) is 9.39. The van der Waals surface area contributed by atoms with E-state index in [0.717, 1.165) is 16.8 Å². The molecule has 0 saturated carbocycles. The zero-order valence-electron chi connectivity index (χ0n) is 10.6. The van der Waals surface area contributed by atoms with Crippen LogP contribution in [-0.4, -0.2) is 30.7 Å². The highest BCUT2D eigenvalue weighted by molar-refractivity contribution is 7.92. The topological polar surface area (TPSA) is 87.6 Å². The van der Waals surface area contributed by atoms with Gasteiger partial charge in [0.05, 0.1) is 29.4 Å². The lowest BCUT2D eigenvalue weighted by Crippen LogP contribution is -2.25. The third-order valence-corrected chi connectivity index (χ3v) is 3.61. The summed E-state index contributed by atoms with van der Waals surface area (Å²) in [7, 11) is -3.61. The standard InChI is InChI=1S/C13H12N2O4S/c1-20(18,19)15(11-5-3-2-4-6-11)12-7-10(13(16)17)8-14-9-12/h2-9H,1H3,(H,16,17). The number of rotatable bonds is 4. The molecular formula is C13H12N2O4S. The fourth-order valence-electron chi connectivity index (χ4n) is 1.75. The Morgan fingerprint density at radius 2 is 1.80 bits per heavy atom. The quantitative estimate of drug-likeness (QED) is 0.929. The number of carboxylic acid groups (broad SMARTS) is 1. The first-order valence-corrected chi connectivity index (χ1v) is 7.48. The van der Waals surface area contributed by atoms with Gasteiger partial charge in [-0.3, -0.25) is 4.98 Å². The molecule has 6 nitrogen and oxygen atoms in total. The summed E-state index contributed by atoms with van der Waals surface area (Å²) in [6, 6.07) is 9.66. The van der Waals surface area contributed by atoms with Crippen LogP contribution in [0.3, 0.4) is 0 Å². The van der Waals surface area contributed by atoms with Crippen LogP contribution in [0.2, 0.25) is 0 Å². The van der Waals surface area contributed by atoms with Gasteiger partial charge in [0.2, 0.25) is 10.0 Å². The van der Waals surface area contributed by atoms with Crippen LogP contribution in [0.5, 0.6) is 0 Å². The molecule has 2 aromatic rings. The molecule has 2 rings (SSSR count). The van der Waals surface area contributed by atoms with Crippen molar-refractivity contribution in [2.75, 3.05) is 10.6 Å². The molecule has 1 aromatic carbocycles. The van der Waals surface area contributed by atoms with Crippen molar-refractivity contribution in [1.29, 1.82) is 0 Å². The van der Waals surface area contributed by atoms with Gasteiger partial charge in [0.15, 0.2) is 0 Å². The highest BCUT2D eigenvalue weighted by Gasteiger charge is 2.20. The molecule has 0 aliphatic heterocycles. The Kier molecular flexibility index (Phi) is 3.71. The van der Waals surface area contributed by atoms with Crippen LogP contribution in [0.25, 0.3) is 0 Å². The van der Waals surface area contributed by atoms with Crippen LogP contribution >= 0.6 is 0 Å². The molecule has 104 valence electrons. The normalized spacial score (nSPS) is 11.1. The number of aromatic nitrogens is 1. The Morgan fingerprint density at radius 3 is 2.35 bits per heavy atom. The van der Waals surface area contributed by atoms with Gasteiger partial charge < -0.3 is 5.11 Å². The number of pyridine rings is 1. The lowest BCUT2D eigenvalue weighted by molar-refractivity contribution is 0.0696. The molecule has 0 aliphatic rings. The third-order valence-electron chi connectivity index (χ3n) is 2.53. The van der Waals surface area contributed by atoms with E-state index in [-0.39, 0.29) is 11.3 Å². The molecule has 1 N–H and O–H groups in total. The van der Waals surface area contributed by atoms with Gasteiger partial charge in [-0.2, -0.15) is 0 Å². The summed E-state index contributed by atoms with van der Waals surface area (Å²) in [5.41, 5.74) is 0.519. The number of aromatic carboxylic acids is 1. The Hall–Kier alpha value is -2.41. The Labute approximate surface area is 116 Å². The number of hydrogen-bond donors (Lipinski definition) is 1. The largest absolute Gasteiger partial charge is 0.478 e. The number of hydrogen-bond acceptors (Lipinski definition) is 4. The van der Waals surface area contributed by atoms with E-state index in [0.29, 0.717) is 5.69 Å². The first-order valence-electron chi connectivity index (χ1n) is 5.63. The van der Waals surface area contributed by atoms with Crippen molar-refractivity contribution in [1.82, 2.24) is 4.98 Å². The monoisotopic (exact) mass is 292 g/mol. The summed E-state index contributed by atoms with van der Waals surface area (Å²) in [4.78, 5) is 14.7. The second kappa shape index (κ2) is 5.30. The highest BCUT2D eigenvalue weighted by Crippen LogP contribution is 2.27. The van der Waals surface area contributed by atoms with Gasteiger partial charge in [0, 0.05) is 6.20 Å². The Morgan fingerprint density at radius 1 is 1.15 bits per heavy atom. The van der Waals surface area contributed by atoms with E-state index in [4.69, 9.17) is 5.11 Å². The van der Waals surface area contributed by atoms with Crippen molar-refractivity contribution in [2.45, 2.75) is 0 Å². The van der Waals surface area contributed by atoms with Crippen LogP contribution in [-0.2, 0) is 10.0 Å². The van der Waals surface area contributed by atoms with Gasteiger partial charge in [-0.1, -0.05) is 18.2 Å². The summed E-state index contributed by atoms with van der Waals surface area (Å²) < 4.78 is 25.0. The van der Waals surface area contributed by atoms with Crippen molar-refractivity contribution in [3.05, 3.63) is 54.4 Å². The number of sulfonamides is 1. The predicted molar refractivity (Wildman–Crippen MR) is 74.6 cm³/mol. The van der Waals surface area contributed by atoms with E-state index < -0.39 is 16.0 Å². The van der Waals surface area contributed by atoms with E-state index >= 15 is 0 Å². The van der Waals surface area contributed by atoms with E-state index in [9.17, 15) is 13.2 Å². The maximum absolute atomic E-state index is 12.0. The summed E-state index contributed by atoms with van der Waals surface area (Å²) in [6.45, 7) is 0. The van der Waals surface area contributed by atoms with Crippen molar-refractivity contribution in [3.8, 4) is 0 Å². The van der Waals surface area contributed by atoms with E-state index in [1.807, 2.05) is 0 Å². The van der Waals surface area contributed by atoms with E-state index in [1.165, 1.54) is 12.3 Å². The minimum Gasteiger partial charge on any atom is -0.478 e. The van der Waals surface area contributed by atoms with E-state index in [1.54, 1.807) is 30.3 Å². The van der Waals surface area contributed by atoms with Crippen molar-refractivity contribution in [2.24, 2.45) is 0 Å². The highest BCUT2D eigenvalue weighted by atomic mass is 32.2. The molecule has 0 bridgehead atoms. The zero-order valence-corrected chi connectivity index (χ0v) is 11.4. The minimum atomic E-state index is -3.61. The average molecular weight is 292 g/mol. The molecule has 0 aliphatic carbocycles. The smallest absolute Gasteiger partial charge is 0.337 e. The molecule has 0 unspecified atom stereocenters. The summed E-state index contributed by atoms with van der Waals surface area (Å²) in [5, 5.41) is 8.96. The third kappa shape index (κ3) is 2.94. The van der Waals surface area contributed by atoms with Crippen LogP contribution < -0.4 is 4.31 Å². The van der Waals surface area contributed by atoms with Crippen LogP contribution in [0.1, 0.15) is 10.4 Å². The fourth-order valence-corrected chi connectivity index (χ4v) is 2.74. The molecule has 0 atom stereocenters. The van der Waals surface area contributed by atoms with Crippen molar-refractivity contribution >= 4 is 27.4 Å². The van der Waals surface area contributed by atoms with Gasteiger partial charge in [-0.05, 0) is 18.2 Å². The molecule has 0 saturated heterocycles. The number of benzene rings is 1. The number of carboxylic acids is 1. The van der Waals surface area contributed by atoms with Gasteiger partial charge in [0.1, 0.15) is 0 Å². The van der Waals surface area contributed by atoms with Crippen LogP contribution in [0.4, 0.5) is 11.4 Å². The molecule has 0 spiro atoms. The summed E-state index contributed by atoms with van der Waals surface area (Å²) in [5.74, 6) is -1.17. The first kappa shape index (κ1) is 14.0. The maximum Gasteiger partial charge on any atom is 0.337 e. The van der Waals surface area contributed by atoms with Gasteiger partial charge in [-0.15, -0.1) is 0 Å². The molecule has 1 aromatic heterocycles. The Balaban J connectivity index is 2.59. The average Bonchev–Trinajstić information content (AvgIpc) is 2.39. The number of anilines is 2. The predicted octanol–water partition coefficient (Wildman–Crippen LogP) is 1.88. The summed E-state index contributed by atoms with van der Waals surface area (Å²) in [6.07, 6.45) is 3.52. The van der Waals surface area contributed by atoms with Gasteiger partial charge in [0.25, 0.3) is 0 Å². The summed E-state index contributed by atoms with van der Waals surface area (Å²) >= 11 is 0. The van der Waals surface area contributed by atoms with Crippen LogP contribution in [0, 0.1) is 0 Å². The Bertz CT molecular complexity index is 729. The molecule has 20 heavy (non-hydrogen) atoms. The second-order valence-corrected chi connectivity index (χ2v) is 5.93. The van der Waals surface area contributed by atoms with Crippen LogP contribution in [0.15, 0.2) is 48.8 Å². The molecule has 0 fully saturated rings. The number of para-hydroxylation sites is 1. The lowest BCUT2D eigenvalue weighted by atomic mass is 10.2. The SMILES string of the molecule is CS(=O)(=O)N(c1ccccc1)c1cncc(C(=O)O)c1. The molecule has 7 heteroatoms. The fraction of sp³-hybridized carbons (Fsp3) is 0.0769. The molecule has 1 heterocycles. The number of carbonyl (C=O) groups is 1. The second-order valence-electron chi connectivity index (χ2n) is 4.10. The van der Waals surface area contributed by atoms with Gasteiger partial charge >= 0.3 is 5.97 Å². The van der Waals surface area contributed by atoms with Crippen molar-refractivity contribution in [3.63, 3.8) is 0 Å². The van der Waals surface area contributed by atoms with Crippen molar-refractivity contribution < 1.29 is 18.3 Å². The van der Waals surface area contributed by atoms with Gasteiger partial charge in [-0.25, -0.2) is 17.5 Å².